The average Bonchev–Trinajstić information content (AvgIpc) is 3.55. The van der Waals surface area contributed by atoms with Crippen molar-refractivity contribution < 1.29 is 38.9 Å². The maximum atomic E-state index is 13.5. The van der Waals surface area contributed by atoms with Gasteiger partial charge in [0.05, 0.1) is 33.1 Å². The Morgan fingerprint density at radius 2 is 1.65 bits per heavy atom. The van der Waals surface area contributed by atoms with E-state index in [0.29, 0.717) is 25.1 Å². The van der Waals surface area contributed by atoms with Crippen LogP contribution in [0.25, 0.3) is 0 Å². The Hall–Kier alpha value is -5.47. The van der Waals surface area contributed by atoms with Gasteiger partial charge in [0.15, 0.2) is 6.04 Å². The minimum atomic E-state index is -1.34. The van der Waals surface area contributed by atoms with Crippen LogP contribution in [0, 0.1) is 6.92 Å². The number of phenolic OH excluding ortho intramolecular Hbond substituents is 1. The number of carbonyl (C=O) groups is 4. The molecule has 270 valence electrons. The van der Waals surface area contributed by atoms with Gasteiger partial charge in [-0.2, -0.15) is 0 Å². The Bertz CT molecular complexity index is 1860. The van der Waals surface area contributed by atoms with Crippen LogP contribution in [0.5, 0.6) is 11.5 Å². The zero-order valence-electron chi connectivity index (χ0n) is 29.2. The SMILES string of the molecule is COC(=O)C(CO)NC(=O)c1cc(C(=O)N[C@@H](C)CCc2ccc(NCc3cccc(OC)c3)c(O)c2)cc(C(=O)N(C)Cc2nc(C)cs2)c1. The van der Waals surface area contributed by atoms with Gasteiger partial charge in [0.2, 0.25) is 0 Å². The van der Waals surface area contributed by atoms with Crippen molar-refractivity contribution >= 4 is 40.7 Å². The van der Waals surface area contributed by atoms with Crippen LogP contribution in [0.4, 0.5) is 5.69 Å². The molecule has 0 saturated carbocycles. The Morgan fingerprint density at radius 3 is 2.27 bits per heavy atom. The van der Waals surface area contributed by atoms with Crippen molar-refractivity contribution in [1.29, 1.82) is 0 Å². The highest BCUT2D eigenvalue weighted by molar-refractivity contribution is 7.09. The molecule has 2 atom stereocenters. The summed E-state index contributed by atoms with van der Waals surface area (Å²) in [5.41, 5.74) is 3.35. The van der Waals surface area contributed by atoms with Crippen molar-refractivity contribution in [3.8, 4) is 11.5 Å². The van der Waals surface area contributed by atoms with Crippen LogP contribution >= 0.6 is 11.3 Å². The molecule has 13 nitrogen and oxygen atoms in total. The van der Waals surface area contributed by atoms with Crippen molar-refractivity contribution in [2.24, 2.45) is 0 Å². The standard InChI is InChI=1S/C37H43N5O8S/c1-22(9-10-24-11-12-30(32(44)14-24)38-18-25-7-6-8-29(13-25)49-4)40-34(45)26-15-27(35(46)41-31(20-43)37(48)50-5)17-28(16-26)36(47)42(3)19-33-39-23(2)21-51-33/h6-8,11-17,21-22,31,38,43-44H,9-10,18-20H2,1-5H3,(H,40,45)(H,41,46)/t22-,31?/m0/s1. The van der Waals surface area contributed by atoms with Crippen molar-refractivity contribution in [2.75, 3.05) is 33.2 Å². The summed E-state index contributed by atoms with van der Waals surface area (Å²) in [4.78, 5) is 58.0. The molecule has 3 amide bonds. The molecule has 5 N–H and O–H groups in total. The fourth-order valence-electron chi connectivity index (χ4n) is 5.17. The van der Waals surface area contributed by atoms with Gasteiger partial charge < -0.3 is 40.5 Å². The molecule has 1 heterocycles. The van der Waals surface area contributed by atoms with Crippen LogP contribution in [0.3, 0.4) is 0 Å². The van der Waals surface area contributed by atoms with E-state index in [1.165, 1.54) is 34.4 Å². The van der Waals surface area contributed by atoms with Crippen molar-refractivity contribution in [3.05, 3.63) is 105 Å². The molecule has 0 spiro atoms. The highest BCUT2D eigenvalue weighted by Crippen LogP contribution is 2.26. The van der Waals surface area contributed by atoms with E-state index in [1.807, 2.05) is 49.6 Å². The summed E-state index contributed by atoms with van der Waals surface area (Å²) in [6.45, 7) is 3.69. The molecule has 0 aliphatic carbocycles. The summed E-state index contributed by atoms with van der Waals surface area (Å²) < 4.78 is 9.90. The van der Waals surface area contributed by atoms with E-state index in [1.54, 1.807) is 26.3 Å². The van der Waals surface area contributed by atoms with Crippen LogP contribution in [0.2, 0.25) is 0 Å². The summed E-state index contributed by atoms with van der Waals surface area (Å²) in [5, 5.41) is 31.4. The van der Waals surface area contributed by atoms with E-state index in [0.717, 1.165) is 34.7 Å². The molecule has 14 heteroatoms. The number of esters is 1. The summed E-state index contributed by atoms with van der Waals surface area (Å²) in [6.07, 6.45) is 1.08. The molecule has 0 bridgehead atoms. The van der Waals surface area contributed by atoms with Crippen molar-refractivity contribution in [3.63, 3.8) is 0 Å². The molecule has 0 fully saturated rings. The minimum Gasteiger partial charge on any atom is -0.506 e. The van der Waals surface area contributed by atoms with Crippen LogP contribution < -0.4 is 20.7 Å². The van der Waals surface area contributed by atoms with Crippen LogP contribution in [0.15, 0.2) is 66.0 Å². The molecule has 4 aromatic rings. The number of aryl methyl sites for hydroxylation is 2. The number of rotatable bonds is 16. The first-order valence-electron chi connectivity index (χ1n) is 16.2. The first kappa shape index (κ1) is 38.3. The first-order chi connectivity index (χ1) is 24.4. The molecule has 51 heavy (non-hydrogen) atoms. The third-order valence-electron chi connectivity index (χ3n) is 7.99. The monoisotopic (exact) mass is 717 g/mol. The second-order valence-electron chi connectivity index (χ2n) is 12.0. The number of hydrogen-bond donors (Lipinski definition) is 5. The quantitative estimate of drug-likeness (QED) is 0.0838. The lowest BCUT2D eigenvalue weighted by atomic mass is 10.0. The third-order valence-corrected chi connectivity index (χ3v) is 8.94. The lowest BCUT2D eigenvalue weighted by molar-refractivity contribution is -0.143. The zero-order chi connectivity index (χ0) is 37.1. The van der Waals surface area contributed by atoms with Crippen LogP contribution in [-0.4, -0.2) is 83.7 Å². The molecule has 0 saturated heterocycles. The molecular formula is C37H43N5O8S. The largest absolute Gasteiger partial charge is 0.506 e. The van der Waals surface area contributed by atoms with Crippen LogP contribution in [0.1, 0.15) is 66.2 Å². The predicted octanol–water partition coefficient (Wildman–Crippen LogP) is 4.06. The van der Waals surface area contributed by atoms with E-state index in [9.17, 15) is 29.4 Å². The molecule has 0 aliphatic heterocycles. The Kier molecular flexibility index (Phi) is 13.5. The van der Waals surface area contributed by atoms with E-state index in [4.69, 9.17) is 4.74 Å². The molecule has 0 radical (unpaired) electrons. The van der Waals surface area contributed by atoms with Gasteiger partial charge in [-0.15, -0.1) is 11.3 Å². The molecule has 0 aliphatic rings. The zero-order valence-corrected chi connectivity index (χ0v) is 30.0. The Morgan fingerprint density at radius 1 is 0.941 bits per heavy atom. The number of anilines is 1. The minimum absolute atomic E-state index is 0.0547. The highest BCUT2D eigenvalue weighted by Gasteiger charge is 2.24. The molecule has 3 aromatic carbocycles. The maximum Gasteiger partial charge on any atom is 0.330 e. The Labute approximate surface area is 300 Å². The van der Waals surface area contributed by atoms with E-state index in [-0.39, 0.29) is 35.0 Å². The lowest BCUT2D eigenvalue weighted by Crippen LogP contribution is -2.44. The normalized spacial score (nSPS) is 12.0. The van der Waals surface area contributed by atoms with Gasteiger partial charge in [0, 0.05) is 47.4 Å². The Balaban J connectivity index is 1.44. The van der Waals surface area contributed by atoms with Crippen molar-refractivity contribution in [1.82, 2.24) is 20.5 Å². The number of nitrogens with zero attached hydrogens (tertiary/aromatic N) is 2. The number of amides is 3. The smallest absolute Gasteiger partial charge is 0.330 e. The second kappa shape index (κ2) is 18.0. The topological polar surface area (TPSA) is 179 Å². The predicted molar refractivity (Wildman–Crippen MR) is 193 cm³/mol. The summed E-state index contributed by atoms with van der Waals surface area (Å²) in [6, 6.07) is 15.4. The second-order valence-corrected chi connectivity index (χ2v) is 13.0. The number of hydrogen-bond acceptors (Lipinski definition) is 11. The van der Waals surface area contributed by atoms with Gasteiger partial charge in [-0.1, -0.05) is 18.2 Å². The van der Waals surface area contributed by atoms with Gasteiger partial charge in [-0.3, -0.25) is 14.4 Å². The fraction of sp³-hybridized carbons (Fsp3) is 0.324. The average molecular weight is 718 g/mol. The molecule has 1 unspecified atom stereocenters. The number of carbonyl (C=O) groups excluding carboxylic acids is 4. The number of methoxy groups -OCH3 is 2. The summed E-state index contributed by atoms with van der Waals surface area (Å²) >= 11 is 1.41. The highest BCUT2D eigenvalue weighted by atomic mass is 32.1. The van der Waals surface area contributed by atoms with Gasteiger partial charge in [0.1, 0.15) is 16.5 Å². The molecular weight excluding hydrogens is 675 g/mol. The number of aromatic hydroxyl groups is 1. The number of phenols is 1. The fourth-order valence-corrected chi connectivity index (χ4v) is 6.00. The summed E-state index contributed by atoms with van der Waals surface area (Å²) in [7, 11) is 4.33. The number of nitrogens with one attached hydrogen (secondary N) is 3. The number of aromatic nitrogens is 1. The third kappa shape index (κ3) is 10.8. The number of benzene rings is 3. The van der Waals surface area contributed by atoms with Gasteiger partial charge >= 0.3 is 5.97 Å². The molecule has 4 rings (SSSR count). The number of aliphatic hydroxyl groups is 1. The number of thiazole rings is 1. The van der Waals surface area contributed by atoms with Gasteiger partial charge in [0.25, 0.3) is 17.7 Å². The van der Waals surface area contributed by atoms with E-state index < -0.39 is 36.3 Å². The van der Waals surface area contributed by atoms with E-state index >= 15 is 0 Å². The van der Waals surface area contributed by atoms with Crippen LogP contribution in [-0.2, 0) is 29.0 Å². The van der Waals surface area contributed by atoms with Gasteiger partial charge in [-0.05, 0) is 80.3 Å². The number of ether oxygens (including phenoxy) is 2. The van der Waals surface area contributed by atoms with E-state index in [2.05, 4.69) is 25.7 Å². The number of aliphatic hydroxyl groups excluding tert-OH is 1. The lowest BCUT2D eigenvalue weighted by Gasteiger charge is -2.19. The molecule has 1 aromatic heterocycles. The summed E-state index contributed by atoms with van der Waals surface area (Å²) in [5.74, 6) is -1.75. The van der Waals surface area contributed by atoms with Gasteiger partial charge in [-0.25, -0.2) is 9.78 Å². The maximum absolute atomic E-state index is 13.5. The first-order valence-corrected chi connectivity index (χ1v) is 17.1. The van der Waals surface area contributed by atoms with Crippen molar-refractivity contribution in [2.45, 2.75) is 51.9 Å².